The predicted molar refractivity (Wildman–Crippen MR) is 77.8 cm³/mol. The summed E-state index contributed by atoms with van der Waals surface area (Å²) < 4.78 is 9.73. The molecule has 0 aliphatic carbocycles. The van der Waals surface area contributed by atoms with Gasteiger partial charge in [-0.3, -0.25) is 4.90 Å². The van der Waals surface area contributed by atoms with Crippen molar-refractivity contribution >= 4 is 41.0 Å². The van der Waals surface area contributed by atoms with Crippen molar-refractivity contribution in [1.82, 2.24) is 0 Å². The monoisotopic (exact) mass is 319 g/mol. The van der Waals surface area contributed by atoms with E-state index in [1.807, 2.05) is 0 Å². The summed E-state index contributed by atoms with van der Waals surface area (Å²) in [5, 5.41) is 0.302. The van der Waals surface area contributed by atoms with Gasteiger partial charge in [-0.05, 0) is 26.0 Å². The molecule has 5 nitrogen and oxygen atoms in total. The minimum atomic E-state index is -0.644. The molecule has 1 rings (SSSR count). The molecule has 0 spiro atoms. The Morgan fingerprint density at radius 1 is 1.25 bits per heavy atom. The fraction of sp³-hybridized carbons (Fsp3) is 0.385. The second kappa shape index (κ2) is 6.81. The van der Waals surface area contributed by atoms with E-state index in [0.29, 0.717) is 0 Å². The summed E-state index contributed by atoms with van der Waals surface area (Å²) in [6.07, 6.45) is -0.946. The van der Waals surface area contributed by atoms with Crippen molar-refractivity contribution in [3.63, 3.8) is 0 Å². The fourth-order valence-electron chi connectivity index (χ4n) is 1.51. The van der Waals surface area contributed by atoms with Gasteiger partial charge >= 0.3 is 12.1 Å². The molecular weight excluding hydrogens is 305 g/mol. The van der Waals surface area contributed by atoms with E-state index in [9.17, 15) is 9.59 Å². The first kappa shape index (κ1) is 16.6. The van der Waals surface area contributed by atoms with Gasteiger partial charge in [-0.1, -0.05) is 23.2 Å². The smallest absolute Gasteiger partial charge is 0.414 e. The summed E-state index contributed by atoms with van der Waals surface area (Å²) >= 11 is 12.0. The lowest BCUT2D eigenvalue weighted by molar-refractivity contribution is 0.0601. The zero-order valence-corrected chi connectivity index (χ0v) is 13.1. The zero-order chi connectivity index (χ0) is 15.4. The number of anilines is 1. The third-order valence-corrected chi connectivity index (χ3v) is 3.21. The molecule has 0 bridgehead atoms. The Morgan fingerprint density at radius 3 is 2.35 bits per heavy atom. The molecule has 0 radical (unpaired) electrons. The Kier molecular flexibility index (Phi) is 5.65. The van der Waals surface area contributed by atoms with E-state index in [-0.39, 0.29) is 27.4 Å². The third kappa shape index (κ3) is 3.55. The maximum atomic E-state index is 11.9. The van der Waals surface area contributed by atoms with Gasteiger partial charge in [-0.25, -0.2) is 9.59 Å². The molecule has 0 saturated heterocycles. The maximum absolute atomic E-state index is 11.9. The first-order chi connectivity index (χ1) is 9.29. The van der Waals surface area contributed by atoms with Crippen molar-refractivity contribution in [2.75, 3.05) is 19.1 Å². The third-order valence-electron chi connectivity index (χ3n) is 2.42. The summed E-state index contributed by atoms with van der Waals surface area (Å²) in [6.45, 7) is 3.43. The number of hydrogen-bond donors (Lipinski definition) is 0. The number of hydrogen-bond acceptors (Lipinski definition) is 4. The van der Waals surface area contributed by atoms with Crippen LogP contribution < -0.4 is 4.90 Å². The van der Waals surface area contributed by atoms with Gasteiger partial charge in [0.05, 0.1) is 34.5 Å². The van der Waals surface area contributed by atoms with Gasteiger partial charge in [0, 0.05) is 7.05 Å². The highest BCUT2D eigenvalue weighted by Crippen LogP contribution is 2.36. The van der Waals surface area contributed by atoms with Crippen molar-refractivity contribution in [2.45, 2.75) is 20.0 Å². The number of carbonyl (C=O) groups excluding carboxylic acids is 2. The van der Waals surface area contributed by atoms with Crippen molar-refractivity contribution in [1.29, 1.82) is 0 Å². The molecule has 7 heteroatoms. The number of halogens is 2. The SMILES string of the molecule is COC(=O)c1ccc(Cl)c(Cl)c1N(C)C(=O)OC(C)C. The summed E-state index contributed by atoms with van der Waals surface area (Å²) in [5.41, 5.74) is 0.279. The molecule has 0 N–H and O–H groups in total. The number of benzene rings is 1. The van der Waals surface area contributed by atoms with Gasteiger partial charge in [0.1, 0.15) is 0 Å². The van der Waals surface area contributed by atoms with E-state index in [0.717, 1.165) is 4.90 Å². The first-order valence-electron chi connectivity index (χ1n) is 5.80. The Balaban J connectivity index is 3.30. The van der Waals surface area contributed by atoms with Gasteiger partial charge in [0.25, 0.3) is 0 Å². The number of rotatable bonds is 3. The van der Waals surface area contributed by atoms with Crippen LogP contribution in [0.15, 0.2) is 12.1 Å². The molecule has 20 heavy (non-hydrogen) atoms. The molecule has 0 aliphatic rings. The van der Waals surface area contributed by atoms with E-state index in [2.05, 4.69) is 4.74 Å². The summed E-state index contributed by atoms with van der Waals surface area (Å²) in [6, 6.07) is 2.90. The Bertz CT molecular complexity index is 531. The van der Waals surface area contributed by atoms with Crippen molar-refractivity contribution in [3.05, 3.63) is 27.7 Å². The van der Waals surface area contributed by atoms with Crippen molar-refractivity contribution in [3.8, 4) is 0 Å². The molecule has 110 valence electrons. The van der Waals surface area contributed by atoms with Crippen LogP contribution >= 0.6 is 23.2 Å². The highest BCUT2D eigenvalue weighted by atomic mass is 35.5. The molecule has 0 aliphatic heterocycles. The number of esters is 1. The van der Waals surface area contributed by atoms with Crippen LogP contribution in [0.5, 0.6) is 0 Å². The highest BCUT2D eigenvalue weighted by Gasteiger charge is 2.25. The molecule has 1 amide bonds. The summed E-state index contributed by atoms with van der Waals surface area (Å²) in [4.78, 5) is 24.8. The highest BCUT2D eigenvalue weighted by molar-refractivity contribution is 6.44. The molecule has 0 fully saturated rings. The van der Waals surface area contributed by atoms with Crippen LogP contribution in [0.3, 0.4) is 0 Å². The van der Waals surface area contributed by atoms with Crippen LogP contribution in [-0.2, 0) is 9.47 Å². The van der Waals surface area contributed by atoms with Crippen LogP contribution in [0.1, 0.15) is 24.2 Å². The number of amides is 1. The van der Waals surface area contributed by atoms with Crippen LogP contribution in [0.2, 0.25) is 10.0 Å². The van der Waals surface area contributed by atoms with Crippen molar-refractivity contribution < 1.29 is 19.1 Å². The quantitative estimate of drug-likeness (QED) is 0.796. The molecule has 0 heterocycles. The number of nitrogens with zero attached hydrogens (tertiary/aromatic N) is 1. The molecule has 0 aromatic heterocycles. The predicted octanol–water partition coefficient (Wildman–Crippen LogP) is 3.76. The van der Waals surface area contributed by atoms with E-state index < -0.39 is 12.1 Å². The average Bonchev–Trinajstić information content (AvgIpc) is 2.39. The van der Waals surface area contributed by atoms with E-state index >= 15 is 0 Å². The Morgan fingerprint density at radius 2 is 1.85 bits per heavy atom. The maximum Gasteiger partial charge on any atom is 0.414 e. The van der Waals surface area contributed by atoms with Gasteiger partial charge in [-0.15, -0.1) is 0 Å². The van der Waals surface area contributed by atoms with E-state index in [4.69, 9.17) is 27.9 Å². The topological polar surface area (TPSA) is 55.8 Å². The molecular formula is C13H15Cl2NO4. The van der Waals surface area contributed by atoms with Crippen LogP contribution in [0, 0.1) is 0 Å². The normalized spacial score (nSPS) is 10.3. The largest absolute Gasteiger partial charge is 0.465 e. The lowest BCUT2D eigenvalue weighted by atomic mass is 10.1. The molecule has 0 saturated carbocycles. The van der Waals surface area contributed by atoms with Gasteiger partial charge < -0.3 is 9.47 Å². The minimum absolute atomic E-state index is 0.0813. The second-order valence-corrected chi connectivity index (χ2v) is 5.03. The Labute approximate surface area is 127 Å². The second-order valence-electron chi connectivity index (χ2n) is 4.24. The minimum Gasteiger partial charge on any atom is -0.465 e. The molecule has 1 aromatic rings. The van der Waals surface area contributed by atoms with E-state index in [1.165, 1.54) is 26.3 Å². The van der Waals surface area contributed by atoms with E-state index in [1.54, 1.807) is 13.8 Å². The fourth-order valence-corrected chi connectivity index (χ4v) is 1.96. The van der Waals surface area contributed by atoms with Crippen LogP contribution in [0.4, 0.5) is 10.5 Å². The first-order valence-corrected chi connectivity index (χ1v) is 6.55. The summed E-state index contributed by atoms with van der Waals surface area (Å²) in [7, 11) is 2.68. The standard InChI is InChI=1S/C13H15Cl2NO4/c1-7(2)20-13(18)16(3)11-8(12(17)19-4)5-6-9(14)10(11)15/h5-7H,1-4H3. The number of carbonyl (C=O) groups is 2. The average molecular weight is 320 g/mol. The van der Waals surface area contributed by atoms with Crippen molar-refractivity contribution in [2.24, 2.45) is 0 Å². The van der Waals surface area contributed by atoms with Gasteiger partial charge in [-0.2, -0.15) is 0 Å². The van der Waals surface area contributed by atoms with Crippen LogP contribution in [-0.4, -0.2) is 32.3 Å². The number of ether oxygens (including phenoxy) is 2. The molecule has 1 aromatic carbocycles. The zero-order valence-electron chi connectivity index (χ0n) is 11.6. The Hall–Kier alpha value is -1.46. The molecule has 0 unspecified atom stereocenters. The lowest BCUT2D eigenvalue weighted by Crippen LogP contribution is -2.31. The van der Waals surface area contributed by atoms with Gasteiger partial charge in [0.2, 0.25) is 0 Å². The van der Waals surface area contributed by atoms with Crippen LogP contribution in [0.25, 0.3) is 0 Å². The summed E-state index contributed by atoms with van der Waals surface area (Å²) in [5.74, 6) is -0.622. The molecule has 0 atom stereocenters. The lowest BCUT2D eigenvalue weighted by Gasteiger charge is -2.22. The number of methoxy groups -OCH3 is 1. The van der Waals surface area contributed by atoms with Gasteiger partial charge in [0.15, 0.2) is 0 Å².